The smallest absolute Gasteiger partial charge is 0.153 e. The van der Waals surface area contributed by atoms with E-state index in [1.165, 1.54) is 0 Å². The SMILES string of the molecule is O=C1[C@@H]2CC[C@]3(Br)C(=O)[C@@H]4CC[C@@]1(Br)[C@@H]4[C@H]23. The summed E-state index contributed by atoms with van der Waals surface area (Å²) in [4.78, 5) is 24.9. The summed E-state index contributed by atoms with van der Waals surface area (Å²) in [6, 6.07) is 0. The molecule has 0 aromatic carbocycles. The van der Waals surface area contributed by atoms with Gasteiger partial charge in [0.05, 0.1) is 8.65 Å². The fourth-order valence-corrected chi connectivity index (χ4v) is 7.16. The molecule has 4 fully saturated rings. The summed E-state index contributed by atoms with van der Waals surface area (Å²) in [6.45, 7) is 0. The van der Waals surface area contributed by atoms with E-state index < -0.39 is 0 Å². The molecule has 0 N–H and O–H groups in total. The Morgan fingerprint density at radius 3 is 1.62 bits per heavy atom. The van der Waals surface area contributed by atoms with Crippen molar-refractivity contribution in [1.82, 2.24) is 0 Å². The first-order valence-electron chi connectivity index (χ1n) is 5.96. The number of rotatable bonds is 0. The number of alkyl halides is 2. The van der Waals surface area contributed by atoms with Crippen LogP contribution in [0, 0.1) is 23.7 Å². The summed E-state index contributed by atoms with van der Waals surface area (Å²) < 4.78 is -0.697. The third kappa shape index (κ3) is 0.798. The number of hydrogen-bond acceptors (Lipinski definition) is 2. The maximum absolute atomic E-state index is 12.4. The molecule has 0 bridgehead atoms. The Morgan fingerprint density at radius 2 is 1.25 bits per heavy atom. The van der Waals surface area contributed by atoms with Crippen molar-refractivity contribution in [3.63, 3.8) is 0 Å². The van der Waals surface area contributed by atoms with Crippen molar-refractivity contribution in [3.05, 3.63) is 0 Å². The minimum absolute atomic E-state index is 0.137. The van der Waals surface area contributed by atoms with Crippen LogP contribution in [0.1, 0.15) is 25.7 Å². The molecule has 0 aromatic rings. The molecule has 0 radical (unpaired) electrons. The van der Waals surface area contributed by atoms with Crippen LogP contribution in [0.15, 0.2) is 0 Å². The van der Waals surface area contributed by atoms with Gasteiger partial charge in [0.25, 0.3) is 0 Å². The number of halogens is 2. The van der Waals surface area contributed by atoms with E-state index in [0.717, 1.165) is 25.7 Å². The Hall–Kier alpha value is 0.300. The molecule has 0 aliphatic heterocycles. The summed E-state index contributed by atoms with van der Waals surface area (Å²) in [5, 5.41) is 0. The molecule has 4 saturated carbocycles. The fourth-order valence-electron chi connectivity index (χ4n) is 4.91. The van der Waals surface area contributed by atoms with Gasteiger partial charge in [-0.05, 0) is 37.5 Å². The molecule has 16 heavy (non-hydrogen) atoms. The molecule has 0 aromatic heterocycles. The molecule has 0 spiro atoms. The lowest BCUT2D eigenvalue weighted by Crippen LogP contribution is -2.32. The summed E-state index contributed by atoms with van der Waals surface area (Å²) in [5.41, 5.74) is 0. The van der Waals surface area contributed by atoms with E-state index in [1.54, 1.807) is 0 Å². The van der Waals surface area contributed by atoms with Gasteiger partial charge in [-0.2, -0.15) is 0 Å². The van der Waals surface area contributed by atoms with Crippen molar-refractivity contribution in [1.29, 1.82) is 0 Å². The van der Waals surface area contributed by atoms with E-state index in [9.17, 15) is 9.59 Å². The zero-order valence-electron chi connectivity index (χ0n) is 8.71. The summed E-state index contributed by atoms with van der Waals surface area (Å²) in [6.07, 6.45) is 3.53. The van der Waals surface area contributed by atoms with Gasteiger partial charge in [0, 0.05) is 11.8 Å². The van der Waals surface area contributed by atoms with Gasteiger partial charge in [-0.25, -0.2) is 0 Å². The lowest BCUT2D eigenvalue weighted by molar-refractivity contribution is -0.123. The molecule has 4 aliphatic carbocycles. The van der Waals surface area contributed by atoms with Gasteiger partial charge < -0.3 is 0 Å². The Bertz CT molecular complexity index is 395. The average Bonchev–Trinajstić information content (AvgIpc) is 2.86. The first-order chi connectivity index (χ1) is 7.50. The van der Waals surface area contributed by atoms with Crippen LogP contribution >= 0.6 is 31.9 Å². The molecule has 0 saturated heterocycles. The summed E-state index contributed by atoms with van der Waals surface area (Å²) in [7, 11) is 0. The topological polar surface area (TPSA) is 34.1 Å². The minimum atomic E-state index is -0.349. The average molecular weight is 348 g/mol. The lowest BCUT2D eigenvalue weighted by Gasteiger charge is -2.24. The number of carbonyl (C=O) groups excluding carboxylic acids is 2. The number of hydrogen-bond donors (Lipinski definition) is 0. The molecule has 86 valence electrons. The van der Waals surface area contributed by atoms with Gasteiger partial charge >= 0.3 is 0 Å². The highest BCUT2D eigenvalue weighted by atomic mass is 79.9. The second-order valence-electron chi connectivity index (χ2n) is 5.80. The third-order valence-corrected chi connectivity index (χ3v) is 8.07. The first kappa shape index (κ1) is 10.2. The Morgan fingerprint density at radius 1 is 0.875 bits per heavy atom. The quantitative estimate of drug-likeness (QED) is 0.631. The lowest BCUT2D eigenvalue weighted by atomic mass is 9.89. The van der Waals surface area contributed by atoms with Crippen molar-refractivity contribution < 1.29 is 9.59 Å². The van der Waals surface area contributed by atoms with Gasteiger partial charge in [-0.15, -0.1) is 0 Å². The first-order valence-corrected chi connectivity index (χ1v) is 7.55. The minimum Gasteiger partial charge on any atom is -0.298 e. The van der Waals surface area contributed by atoms with Crippen molar-refractivity contribution >= 4 is 43.4 Å². The van der Waals surface area contributed by atoms with Crippen LogP contribution in [0.25, 0.3) is 0 Å². The van der Waals surface area contributed by atoms with Crippen LogP contribution in [0.3, 0.4) is 0 Å². The molecule has 0 heterocycles. The van der Waals surface area contributed by atoms with Gasteiger partial charge in [-0.1, -0.05) is 31.9 Å². The van der Waals surface area contributed by atoms with Crippen LogP contribution in [-0.2, 0) is 9.59 Å². The summed E-state index contributed by atoms with van der Waals surface area (Å²) in [5.74, 6) is 1.60. The zero-order chi connectivity index (χ0) is 11.3. The second kappa shape index (κ2) is 2.66. The normalized spacial score (nSPS) is 62.1. The maximum atomic E-state index is 12.4. The second-order valence-corrected chi connectivity index (χ2v) is 8.63. The van der Waals surface area contributed by atoms with Gasteiger partial charge in [0.15, 0.2) is 11.6 Å². The van der Waals surface area contributed by atoms with Gasteiger partial charge in [0.1, 0.15) is 0 Å². The maximum Gasteiger partial charge on any atom is 0.153 e. The molecule has 4 aliphatic rings. The van der Waals surface area contributed by atoms with Crippen LogP contribution in [0.2, 0.25) is 0 Å². The van der Waals surface area contributed by atoms with E-state index >= 15 is 0 Å². The molecule has 0 unspecified atom stereocenters. The molecule has 4 heteroatoms. The Balaban J connectivity index is 1.96. The molecule has 6 atom stereocenters. The van der Waals surface area contributed by atoms with E-state index in [-0.39, 0.29) is 32.3 Å². The molecular formula is C12H12Br2O2. The highest BCUT2D eigenvalue weighted by Gasteiger charge is 2.77. The third-order valence-electron chi connectivity index (χ3n) is 5.44. The van der Waals surface area contributed by atoms with Crippen LogP contribution in [-0.4, -0.2) is 20.2 Å². The van der Waals surface area contributed by atoms with Crippen molar-refractivity contribution in [2.45, 2.75) is 34.3 Å². The van der Waals surface area contributed by atoms with Gasteiger partial charge in [0.2, 0.25) is 0 Å². The van der Waals surface area contributed by atoms with E-state index in [0.29, 0.717) is 11.6 Å². The van der Waals surface area contributed by atoms with Crippen LogP contribution < -0.4 is 0 Å². The van der Waals surface area contributed by atoms with Crippen molar-refractivity contribution in [3.8, 4) is 0 Å². The van der Waals surface area contributed by atoms with Crippen LogP contribution in [0.4, 0.5) is 0 Å². The predicted octanol–water partition coefficient (Wildman–Crippen LogP) is 2.47. The fraction of sp³-hybridized carbons (Fsp3) is 0.833. The molecule has 2 nitrogen and oxygen atoms in total. The van der Waals surface area contributed by atoms with E-state index in [2.05, 4.69) is 31.9 Å². The van der Waals surface area contributed by atoms with Crippen LogP contribution in [0.5, 0.6) is 0 Å². The Kier molecular flexibility index (Phi) is 1.70. The zero-order valence-corrected chi connectivity index (χ0v) is 11.9. The molecule has 4 rings (SSSR count). The van der Waals surface area contributed by atoms with Crippen molar-refractivity contribution in [2.24, 2.45) is 23.7 Å². The number of ketones is 2. The largest absolute Gasteiger partial charge is 0.298 e. The standard InChI is InChI=1S/C12H12Br2O2/c13-11-3-1-5-7(11)8-6(10(11)16)2-4-12(8,14)9(5)15/h5-8H,1-4H2/t5-,6-,7+,8+,11-,12-/m1/s1. The highest BCUT2D eigenvalue weighted by molar-refractivity contribution is 9.10. The highest BCUT2D eigenvalue weighted by Crippen LogP contribution is 2.71. The Labute approximate surface area is 111 Å². The number of carbonyl (C=O) groups is 2. The van der Waals surface area contributed by atoms with E-state index in [1.807, 2.05) is 0 Å². The van der Waals surface area contributed by atoms with Crippen molar-refractivity contribution in [2.75, 3.05) is 0 Å². The summed E-state index contributed by atoms with van der Waals surface area (Å²) >= 11 is 7.38. The predicted molar refractivity (Wildman–Crippen MR) is 65.8 cm³/mol. The van der Waals surface area contributed by atoms with E-state index in [4.69, 9.17) is 0 Å². The molecule has 0 amide bonds. The van der Waals surface area contributed by atoms with Gasteiger partial charge in [-0.3, -0.25) is 9.59 Å². The monoisotopic (exact) mass is 346 g/mol. The molecular weight excluding hydrogens is 336 g/mol. The number of Topliss-reactive ketones (excluding diaryl/α,β-unsaturated/α-hetero) is 2.